The standard InChI is InChI=1S/C22H21Cl2N3/c23-21-19-13-18(11-12-20(19)25-22(24)26-21)27(14-16-7-3-1-4-8-16)15-17-9-5-2-6-10-17/h1-10,18H,11-15H2. The van der Waals surface area contributed by atoms with Crippen LogP contribution in [0.15, 0.2) is 60.7 Å². The number of halogens is 2. The van der Waals surface area contributed by atoms with Gasteiger partial charge in [0.1, 0.15) is 5.15 Å². The molecule has 0 bridgehead atoms. The summed E-state index contributed by atoms with van der Waals surface area (Å²) in [5.74, 6) is 0. The molecule has 3 aromatic rings. The lowest BCUT2D eigenvalue weighted by Gasteiger charge is -2.35. The molecule has 1 aliphatic carbocycles. The lowest BCUT2D eigenvalue weighted by molar-refractivity contribution is 0.161. The van der Waals surface area contributed by atoms with E-state index < -0.39 is 0 Å². The van der Waals surface area contributed by atoms with Crippen LogP contribution in [0.5, 0.6) is 0 Å². The van der Waals surface area contributed by atoms with Crippen LogP contribution in [0.1, 0.15) is 28.8 Å². The largest absolute Gasteiger partial charge is 0.292 e. The molecular formula is C22H21Cl2N3. The van der Waals surface area contributed by atoms with Crippen molar-refractivity contribution in [2.24, 2.45) is 0 Å². The molecule has 0 aliphatic heterocycles. The van der Waals surface area contributed by atoms with Crippen molar-refractivity contribution in [2.45, 2.75) is 38.4 Å². The van der Waals surface area contributed by atoms with E-state index >= 15 is 0 Å². The summed E-state index contributed by atoms with van der Waals surface area (Å²) < 4.78 is 0. The highest BCUT2D eigenvalue weighted by Crippen LogP contribution is 2.30. The molecule has 2 aromatic carbocycles. The minimum Gasteiger partial charge on any atom is -0.292 e. The van der Waals surface area contributed by atoms with Gasteiger partial charge in [0.25, 0.3) is 0 Å². The van der Waals surface area contributed by atoms with Gasteiger partial charge in [-0.25, -0.2) is 9.97 Å². The zero-order valence-corrected chi connectivity index (χ0v) is 16.5. The van der Waals surface area contributed by atoms with Crippen LogP contribution >= 0.6 is 23.2 Å². The van der Waals surface area contributed by atoms with Crippen LogP contribution in [-0.4, -0.2) is 20.9 Å². The van der Waals surface area contributed by atoms with Crippen LogP contribution in [-0.2, 0) is 25.9 Å². The maximum absolute atomic E-state index is 6.38. The molecule has 5 heteroatoms. The topological polar surface area (TPSA) is 29.0 Å². The predicted octanol–water partition coefficient (Wildman–Crippen LogP) is 5.34. The average Bonchev–Trinajstić information content (AvgIpc) is 2.69. The van der Waals surface area contributed by atoms with E-state index in [2.05, 4.69) is 75.5 Å². The molecular weight excluding hydrogens is 377 g/mol. The third-order valence-electron chi connectivity index (χ3n) is 5.14. The second-order valence-electron chi connectivity index (χ2n) is 6.98. The van der Waals surface area contributed by atoms with Crippen molar-refractivity contribution in [3.8, 4) is 0 Å². The third kappa shape index (κ3) is 4.49. The van der Waals surface area contributed by atoms with Crippen LogP contribution in [0.25, 0.3) is 0 Å². The highest BCUT2D eigenvalue weighted by Gasteiger charge is 2.27. The van der Waals surface area contributed by atoms with E-state index in [0.29, 0.717) is 11.2 Å². The van der Waals surface area contributed by atoms with Crippen molar-refractivity contribution < 1.29 is 0 Å². The summed E-state index contributed by atoms with van der Waals surface area (Å²) in [6.07, 6.45) is 2.77. The molecule has 1 atom stereocenters. The molecule has 1 heterocycles. The van der Waals surface area contributed by atoms with Gasteiger partial charge in [0.05, 0.1) is 5.69 Å². The Labute approximate surface area is 170 Å². The molecule has 3 nitrogen and oxygen atoms in total. The Bertz CT molecular complexity index is 859. The average molecular weight is 398 g/mol. The number of hydrogen-bond acceptors (Lipinski definition) is 3. The lowest BCUT2D eigenvalue weighted by Crippen LogP contribution is -2.39. The van der Waals surface area contributed by atoms with Gasteiger partial charge in [0.15, 0.2) is 0 Å². The summed E-state index contributed by atoms with van der Waals surface area (Å²) in [6, 6.07) is 21.6. The fraction of sp³-hybridized carbons (Fsp3) is 0.273. The van der Waals surface area contributed by atoms with Crippen molar-refractivity contribution in [3.05, 3.63) is 93.5 Å². The van der Waals surface area contributed by atoms with Gasteiger partial charge in [-0.05, 0) is 42.0 Å². The summed E-state index contributed by atoms with van der Waals surface area (Å²) in [4.78, 5) is 11.1. The highest BCUT2D eigenvalue weighted by molar-refractivity contribution is 6.32. The maximum Gasteiger partial charge on any atom is 0.224 e. The van der Waals surface area contributed by atoms with Crippen LogP contribution in [0.3, 0.4) is 0 Å². The zero-order chi connectivity index (χ0) is 18.6. The minimum atomic E-state index is 0.239. The van der Waals surface area contributed by atoms with Gasteiger partial charge < -0.3 is 0 Å². The second kappa shape index (κ2) is 8.39. The van der Waals surface area contributed by atoms with Crippen molar-refractivity contribution in [3.63, 3.8) is 0 Å². The molecule has 0 saturated heterocycles. The molecule has 0 saturated carbocycles. The summed E-state index contributed by atoms with van der Waals surface area (Å²) >= 11 is 12.4. The van der Waals surface area contributed by atoms with Gasteiger partial charge in [0, 0.05) is 24.7 Å². The van der Waals surface area contributed by atoms with Crippen molar-refractivity contribution >= 4 is 23.2 Å². The Balaban J connectivity index is 1.60. The van der Waals surface area contributed by atoms with Crippen molar-refractivity contribution in [1.82, 2.24) is 14.9 Å². The summed E-state index contributed by atoms with van der Waals surface area (Å²) in [5, 5.41) is 0.733. The van der Waals surface area contributed by atoms with Crippen LogP contribution in [0, 0.1) is 0 Å². The molecule has 1 unspecified atom stereocenters. The number of benzene rings is 2. The number of aromatic nitrogens is 2. The highest BCUT2D eigenvalue weighted by atomic mass is 35.5. The first-order chi connectivity index (χ1) is 13.2. The first-order valence-electron chi connectivity index (χ1n) is 9.22. The first-order valence-corrected chi connectivity index (χ1v) is 9.97. The van der Waals surface area contributed by atoms with E-state index in [0.717, 1.165) is 43.6 Å². The Morgan fingerprint density at radius 2 is 1.44 bits per heavy atom. The SMILES string of the molecule is Clc1nc(Cl)c2c(n1)CCC(N(Cc1ccccc1)Cc1ccccc1)C2. The lowest BCUT2D eigenvalue weighted by atomic mass is 9.91. The first kappa shape index (κ1) is 18.4. The van der Waals surface area contributed by atoms with Gasteiger partial charge in [-0.15, -0.1) is 0 Å². The molecule has 0 N–H and O–H groups in total. The number of nitrogens with zero attached hydrogens (tertiary/aromatic N) is 3. The third-order valence-corrected chi connectivity index (χ3v) is 5.62. The monoisotopic (exact) mass is 397 g/mol. The summed E-state index contributed by atoms with van der Waals surface area (Å²) in [5.41, 5.74) is 4.68. The number of hydrogen-bond donors (Lipinski definition) is 0. The van der Waals surface area contributed by atoms with E-state index in [1.54, 1.807) is 0 Å². The van der Waals surface area contributed by atoms with Gasteiger partial charge in [-0.2, -0.15) is 0 Å². The fourth-order valence-corrected chi connectivity index (χ4v) is 4.28. The summed E-state index contributed by atoms with van der Waals surface area (Å²) in [6.45, 7) is 1.81. The number of aryl methyl sites for hydroxylation is 1. The second-order valence-corrected chi connectivity index (χ2v) is 7.68. The van der Waals surface area contributed by atoms with Crippen LogP contribution in [0.2, 0.25) is 10.4 Å². The molecule has 1 aromatic heterocycles. The maximum atomic E-state index is 6.38. The smallest absolute Gasteiger partial charge is 0.224 e. The van der Waals surface area contributed by atoms with E-state index in [1.807, 2.05) is 0 Å². The Hall–Kier alpha value is -1.94. The minimum absolute atomic E-state index is 0.239. The van der Waals surface area contributed by atoms with Gasteiger partial charge in [0.2, 0.25) is 5.28 Å². The van der Waals surface area contributed by atoms with Gasteiger partial charge in [-0.3, -0.25) is 4.90 Å². The van der Waals surface area contributed by atoms with E-state index in [4.69, 9.17) is 23.2 Å². The quantitative estimate of drug-likeness (QED) is 0.429. The molecule has 1 aliphatic rings. The van der Waals surface area contributed by atoms with E-state index in [1.165, 1.54) is 11.1 Å². The molecule has 0 spiro atoms. The normalized spacial score (nSPS) is 16.3. The van der Waals surface area contributed by atoms with E-state index in [-0.39, 0.29) is 5.28 Å². The van der Waals surface area contributed by atoms with Gasteiger partial charge in [-0.1, -0.05) is 72.3 Å². The molecule has 0 radical (unpaired) electrons. The molecule has 4 rings (SSSR count). The van der Waals surface area contributed by atoms with Crippen molar-refractivity contribution in [2.75, 3.05) is 0 Å². The van der Waals surface area contributed by atoms with E-state index in [9.17, 15) is 0 Å². The zero-order valence-electron chi connectivity index (χ0n) is 15.0. The van der Waals surface area contributed by atoms with Crippen LogP contribution < -0.4 is 0 Å². The van der Waals surface area contributed by atoms with Crippen LogP contribution in [0.4, 0.5) is 0 Å². The Morgan fingerprint density at radius 1 is 0.852 bits per heavy atom. The molecule has 27 heavy (non-hydrogen) atoms. The van der Waals surface area contributed by atoms with Crippen molar-refractivity contribution in [1.29, 1.82) is 0 Å². The summed E-state index contributed by atoms with van der Waals surface area (Å²) in [7, 11) is 0. The molecule has 0 amide bonds. The Morgan fingerprint density at radius 3 is 2.04 bits per heavy atom. The molecule has 138 valence electrons. The molecule has 0 fully saturated rings. The number of fused-ring (bicyclic) bond motifs is 1. The number of rotatable bonds is 5. The predicted molar refractivity (Wildman–Crippen MR) is 110 cm³/mol. The Kier molecular flexibility index (Phi) is 5.72. The van der Waals surface area contributed by atoms with Gasteiger partial charge >= 0.3 is 0 Å². The fourth-order valence-electron chi connectivity index (χ4n) is 3.78.